The van der Waals surface area contributed by atoms with Gasteiger partial charge in [0.25, 0.3) is 0 Å². The van der Waals surface area contributed by atoms with Crippen LogP contribution in [0.15, 0.2) is 36.4 Å². The number of benzene rings is 2. The fourth-order valence-electron chi connectivity index (χ4n) is 1.47. The molecule has 0 aliphatic heterocycles. The van der Waals surface area contributed by atoms with Gasteiger partial charge in [-0.1, -0.05) is 34.8 Å². The van der Waals surface area contributed by atoms with Gasteiger partial charge >= 0.3 is 0 Å². The van der Waals surface area contributed by atoms with Crippen LogP contribution in [0.5, 0.6) is 0 Å². The van der Waals surface area contributed by atoms with E-state index in [0.29, 0.717) is 31.9 Å². The summed E-state index contributed by atoms with van der Waals surface area (Å²) in [5, 5.41) is 1.09. The van der Waals surface area contributed by atoms with Crippen LogP contribution >= 0.6 is 34.8 Å². The number of halogens is 3. The van der Waals surface area contributed by atoms with Gasteiger partial charge in [0.2, 0.25) is 0 Å². The molecule has 0 aromatic heterocycles. The Balaban J connectivity index is 2.41. The number of nitrogen functional groups attached to an aromatic ring is 1. The van der Waals surface area contributed by atoms with Crippen molar-refractivity contribution in [3.05, 3.63) is 62.6 Å². The predicted molar refractivity (Wildman–Crippen MR) is 75.8 cm³/mol. The smallest absolute Gasteiger partial charge is 0.193 e. The minimum absolute atomic E-state index is 0.185. The predicted octanol–water partition coefficient (Wildman–Crippen LogP) is 4.46. The molecule has 0 atom stereocenters. The summed E-state index contributed by atoms with van der Waals surface area (Å²) in [5.41, 5.74) is 6.92. The second-order valence-corrected chi connectivity index (χ2v) is 4.92. The van der Waals surface area contributed by atoms with E-state index in [1.54, 1.807) is 24.3 Å². The van der Waals surface area contributed by atoms with Gasteiger partial charge < -0.3 is 5.73 Å². The number of hydrogen-bond acceptors (Lipinski definition) is 2. The summed E-state index contributed by atoms with van der Waals surface area (Å²) in [6.45, 7) is 0. The average molecular weight is 301 g/mol. The Labute approximate surface area is 119 Å². The quantitative estimate of drug-likeness (QED) is 0.657. The second kappa shape index (κ2) is 5.19. The summed E-state index contributed by atoms with van der Waals surface area (Å²) in [6, 6.07) is 9.45. The first kappa shape index (κ1) is 13.2. The highest BCUT2D eigenvalue weighted by molar-refractivity contribution is 6.42. The minimum atomic E-state index is -0.185. The van der Waals surface area contributed by atoms with Crippen LogP contribution in [-0.2, 0) is 0 Å². The summed E-state index contributed by atoms with van der Waals surface area (Å²) in [5.74, 6) is -0.185. The van der Waals surface area contributed by atoms with Crippen LogP contribution < -0.4 is 5.73 Å². The lowest BCUT2D eigenvalue weighted by atomic mass is 10.0. The number of anilines is 1. The summed E-state index contributed by atoms with van der Waals surface area (Å²) in [7, 11) is 0. The molecule has 2 aromatic carbocycles. The van der Waals surface area contributed by atoms with Crippen molar-refractivity contribution in [2.45, 2.75) is 0 Å². The Kier molecular flexibility index (Phi) is 3.81. The maximum atomic E-state index is 12.2. The van der Waals surface area contributed by atoms with Crippen LogP contribution in [0.3, 0.4) is 0 Å². The van der Waals surface area contributed by atoms with Crippen LogP contribution in [0.25, 0.3) is 0 Å². The lowest BCUT2D eigenvalue weighted by molar-refractivity contribution is 0.103. The molecule has 2 aromatic rings. The van der Waals surface area contributed by atoms with Crippen LogP contribution in [0.1, 0.15) is 15.9 Å². The third-order valence-corrected chi connectivity index (χ3v) is 3.51. The van der Waals surface area contributed by atoms with Gasteiger partial charge in [-0.15, -0.1) is 0 Å². The molecule has 2 rings (SSSR count). The minimum Gasteiger partial charge on any atom is -0.398 e. The van der Waals surface area contributed by atoms with Crippen molar-refractivity contribution in [3.63, 3.8) is 0 Å². The van der Waals surface area contributed by atoms with Crippen molar-refractivity contribution in [1.82, 2.24) is 0 Å². The molecule has 0 saturated heterocycles. The van der Waals surface area contributed by atoms with Crippen molar-refractivity contribution in [2.75, 3.05) is 5.73 Å². The molecule has 0 aliphatic carbocycles. The fourth-order valence-corrected chi connectivity index (χ4v) is 1.95. The lowest BCUT2D eigenvalue weighted by Crippen LogP contribution is -2.02. The molecule has 0 fully saturated rings. The Morgan fingerprint density at radius 2 is 1.39 bits per heavy atom. The van der Waals surface area contributed by atoms with Gasteiger partial charge in [-0.25, -0.2) is 0 Å². The Morgan fingerprint density at radius 3 is 1.94 bits per heavy atom. The third kappa shape index (κ3) is 2.61. The van der Waals surface area contributed by atoms with E-state index < -0.39 is 0 Å². The highest BCUT2D eigenvalue weighted by Crippen LogP contribution is 2.25. The van der Waals surface area contributed by atoms with Crippen molar-refractivity contribution in [1.29, 1.82) is 0 Å². The van der Waals surface area contributed by atoms with E-state index in [4.69, 9.17) is 40.5 Å². The molecule has 2 N–H and O–H groups in total. The van der Waals surface area contributed by atoms with E-state index >= 15 is 0 Å². The van der Waals surface area contributed by atoms with Crippen LogP contribution in [-0.4, -0.2) is 5.78 Å². The van der Waals surface area contributed by atoms with Crippen molar-refractivity contribution in [3.8, 4) is 0 Å². The molecular formula is C13H8Cl3NO. The van der Waals surface area contributed by atoms with Gasteiger partial charge in [-0.2, -0.15) is 0 Å². The molecule has 0 unspecified atom stereocenters. The topological polar surface area (TPSA) is 43.1 Å². The molecule has 0 aliphatic rings. The number of nitrogens with two attached hydrogens (primary N) is 1. The van der Waals surface area contributed by atoms with Crippen LogP contribution in [0, 0.1) is 0 Å². The van der Waals surface area contributed by atoms with E-state index in [1.165, 1.54) is 12.1 Å². The highest BCUT2D eigenvalue weighted by Gasteiger charge is 2.12. The number of rotatable bonds is 2. The van der Waals surface area contributed by atoms with Crippen LogP contribution in [0.2, 0.25) is 15.1 Å². The fraction of sp³-hybridized carbons (Fsp3) is 0. The summed E-state index contributed by atoms with van der Waals surface area (Å²) in [4.78, 5) is 12.2. The SMILES string of the molecule is Nc1ccc(C(=O)c2ccc(Cl)c(Cl)c2)cc1Cl. The van der Waals surface area contributed by atoms with Crippen molar-refractivity contribution < 1.29 is 4.79 Å². The monoisotopic (exact) mass is 299 g/mol. The average Bonchev–Trinajstić information content (AvgIpc) is 2.35. The van der Waals surface area contributed by atoms with Gasteiger partial charge in [-0.3, -0.25) is 4.79 Å². The zero-order valence-corrected chi connectivity index (χ0v) is 11.4. The molecule has 0 radical (unpaired) electrons. The summed E-state index contributed by atoms with van der Waals surface area (Å²) >= 11 is 17.5. The molecule has 0 heterocycles. The standard InChI is InChI=1S/C13H8Cl3NO/c14-9-3-1-7(5-10(9)15)13(18)8-2-4-12(17)11(16)6-8/h1-6H,17H2. The van der Waals surface area contributed by atoms with Gasteiger partial charge in [0.05, 0.1) is 20.8 Å². The zero-order valence-electron chi connectivity index (χ0n) is 9.08. The van der Waals surface area contributed by atoms with Gasteiger partial charge in [0.1, 0.15) is 0 Å². The van der Waals surface area contributed by atoms with Gasteiger partial charge in [-0.05, 0) is 36.4 Å². The Hall–Kier alpha value is -1.22. The maximum Gasteiger partial charge on any atom is 0.193 e. The second-order valence-electron chi connectivity index (χ2n) is 3.69. The lowest BCUT2D eigenvalue weighted by Gasteiger charge is -2.04. The molecular weight excluding hydrogens is 293 g/mol. The van der Waals surface area contributed by atoms with Crippen LogP contribution in [0.4, 0.5) is 5.69 Å². The number of carbonyl (C=O) groups is 1. The number of carbonyl (C=O) groups excluding carboxylic acids is 1. The van der Waals surface area contributed by atoms with E-state index in [1.807, 2.05) is 0 Å². The van der Waals surface area contributed by atoms with Crippen molar-refractivity contribution in [2.24, 2.45) is 0 Å². The molecule has 18 heavy (non-hydrogen) atoms. The van der Waals surface area contributed by atoms with E-state index in [-0.39, 0.29) is 5.78 Å². The molecule has 2 nitrogen and oxygen atoms in total. The first-order valence-corrected chi connectivity index (χ1v) is 6.17. The van der Waals surface area contributed by atoms with E-state index in [0.717, 1.165) is 0 Å². The number of ketones is 1. The first-order valence-electron chi connectivity index (χ1n) is 5.04. The normalized spacial score (nSPS) is 10.4. The Morgan fingerprint density at radius 1 is 0.833 bits per heavy atom. The molecule has 0 bridgehead atoms. The largest absolute Gasteiger partial charge is 0.398 e. The van der Waals surface area contributed by atoms with Gasteiger partial charge in [0.15, 0.2) is 5.78 Å². The highest BCUT2D eigenvalue weighted by atomic mass is 35.5. The molecule has 0 saturated carbocycles. The van der Waals surface area contributed by atoms with Crippen molar-refractivity contribution >= 4 is 46.3 Å². The molecule has 92 valence electrons. The molecule has 0 spiro atoms. The Bertz CT molecular complexity index is 572. The molecule has 0 amide bonds. The maximum absolute atomic E-state index is 12.2. The zero-order chi connectivity index (χ0) is 13.3. The number of hydrogen-bond donors (Lipinski definition) is 1. The summed E-state index contributed by atoms with van der Waals surface area (Å²) in [6.07, 6.45) is 0. The van der Waals surface area contributed by atoms with E-state index in [2.05, 4.69) is 0 Å². The van der Waals surface area contributed by atoms with Gasteiger partial charge in [0, 0.05) is 11.1 Å². The molecule has 5 heteroatoms. The summed E-state index contributed by atoms with van der Waals surface area (Å²) < 4.78 is 0. The third-order valence-electron chi connectivity index (χ3n) is 2.44. The van der Waals surface area contributed by atoms with E-state index in [9.17, 15) is 4.79 Å². The first-order chi connectivity index (χ1) is 8.49.